The summed E-state index contributed by atoms with van der Waals surface area (Å²) < 4.78 is 1.95. The molecular formula is C12H9IN2O2. The average molecular weight is 340 g/mol. The molecule has 0 saturated heterocycles. The van der Waals surface area contributed by atoms with Gasteiger partial charge >= 0.3 is 0 Å². The molecule has 2 rings (SSSR count). The lowest BCUT2D eigenvalue weighted by Gasteiger charge is -2.06. The van der Waals surface area contributed by atoms with E-state index in [0.717, 1.165) is 0 Å². The minimum atomic E-state index is -0.0149. The van der Waals surface area contributed by atoms with Crippen LogP contribution in [0.1, 0.15) is 11.1 Å². The SMILES string of the molecule is N#Cc1ccc(-n2c(O)cc(CI)c2O)cc1. The van der Waals surface area contributed by atoms with E-state index in [1.165, 1.54) is 10.6 Å². The van der Waals surface area contributed by atoms with Gasteiger partial charge < -0.3 is 10.2 Å². The number of rotatable bonds is 2. The van der Waals surface area contributed by atoms with Crippen molar-refractivity contribution in [1.82, 2.24) is 4.57 Å². The molecule has 4 nitrogen and oxygen atoms in total. The molecule has 0 spiro atoms. The van der Waals surface area contributed by atoms with Crippen molar-refractivity contribution in [2.24, 2.45) is 0 Å². The highest BCUT2D eigenvalue weighted by atomic mass is 127. The van der Waals surface area contributed by atoms with Crippen LogP contribution in [0.3, 0.4) is 0 Å². The van der Waals surface area contributed by atoms with E-state index in [9.17, 15) is 10.2 Å². The number of nitriles is 1. The van der Waals surface area contributed by atoms with Gasteiger partial charge in [0.05, 0.1) is 17.3 Å². The highest BCUT2D eigenvalue weighted by Gasteiger charge is 2.14. The number of hydrogen-bond acceptors (Lipinski definition) is 3. The second-order valence-corrected chi connectivity index (χ2v) is 4.24. The van der Waals surface area contributed by atoms with Crippen molar-refractivity contribution in [2.75, 3.05) is 0 Å². The predicted molar refractivity (Wildman–Crippen MR) is 71.5 cm³/mol. The standard InChI is InChI=1S/C12H9IN2O2/c13-6-9-5-11(16)15(12(9)17)10-3-1-8(7-14)2-4-10/h1-5,16-17H,6H2. The maximum Gasteiger partial charge on any atom is 0.202 e. The van der Waals surface area contributed by atoms with Crippen LogP contribution in [-0.4, -0.2) is 14.8 Å². The van der Waals surface area contributed by atoms with E-state index in [2.05, 4.69) is 22.6 Å². The molecule has 1 heterocycles. The molecule has 0 radical (unpaired) electrons. The Labute approximate surface area is 112 Å². The van der Waals surface area contributed by atoms with E-state index in [4.69, 9.17) is 5.26 Å². The van der Waals surface area contributed by atoms with E-state index in [-0.39, 0.29) is 11.8 Å². The number of alkyl halides is 1. The minimum absolute atomic E-state index is 0.0149. The van der Waals surface area contributed by atoms with Gasteiger partial charge in [-0.15, -0.1) is 0 Å². The van der Waals surface area contributed by atoms with Crippen LogP contribution in [0, 0.1) is 11.3 Å². The lowest BCUT2D eigenvalue weighted by Crippen LogP contribution is -1.92. The number of nitrogens with zero attached hydrogens (tertiary/aromatic N) is 2. The summed E-state index contributed by atoms with van der Waals surface area (Å²) in [5.74, 6) is 0.0143. The van der Waals surface area contributed by atoms with Crippen LogP contribution in [0.25, 0.3) is 5.69 Å². The molecule has 5 heteroatoms. The third-order valence-electron chi connectivity index (χ3n) is 2.43. The van der Waals surface area contributed by atoms with Crippen LogP contribution in [0.2, 0.25) is 0 Å². The summed E-state index contributed by atoms with van der Waals surface area (Å²) in [7, 11) is 0. The number of benzene rings is 1. The van der Waals surface area contributed by atoms with E-state index < -0.39 is 0 Å². The quantitative estimate of drug-likeness (QED) is 0.652. The average Bonchev–Trinajstić information content (AvgIpc) is 2.64. The molecule has 0 bridgehead atoms. The van der Waals surface area contributed by atoms with Gasteiger partial charge in [-0.1, -0.05) is 22.6 Å². The Morgan fingerprint density at radius 1 is 1.24 bits per heavy atom. The van der Waals surface area contributed by atoms with E-state index in [1.54, 1.807) is 24.3 Å². The first-order valence-electron chi connectivity index (χ1n) is 4.86. The van der Waals surface area contributed by atoms with Gasteiger partial charge in [0.15, 0.2) is 5.88 Å². The lowest BCUT2D eigenvalue weighted by atomic mass is 10.2. The summed E-state index contributed by atoms with van der Waals surface area (Å²) in [6, 6.07) is 10.2. The molecule has 0 aliphatic carbocycles. The van der Waals surface area contributed by atoms with Gasteiger partial charge in [-0.3, -0.25) is 4.57 Å². The van der Waals surface area contributed by atoms with Crippen LogP contribution in [0.15, 0.2) is 30.3 Å². The summed E-state index contributed by atoms with van der Waals surface area (Å²) in [6.45, 7) is 0. The smallest absolute Gasteiger partial charge is 0.202 e. The number of aromatic nitrogens is 1. The van der Waals surface area contributed by atoms with Crippen molar-refractivity contribution in [2.45, 2.75) is 4.43 Å². The molecule has 2 N–H and O–H groups in total. The Kier molecular flexibility index (Phi) is 3.24. The molecule has 0 saturated carbocycles. The first kappa shape index (κ1) is 11.8. The van der Waals surface area contributed by atoms with Crippen molar-refractivity contribution in [3.8, 4) is 23.5 Å². The molecule has 0 fully saturated rings. The normalized spacial score (nSPS) is 10.1. The van der Waals surface area contributed by atoms with E-state index >= 15 is 0 Å². The molecule has 0 aliphatic heterocycles. The molecule has 2 aromatic rings. The number of aromatic hydroxyl groups is 2. The van der Waals surface area contributed by atoms with Gasteiger partial charge in [-0.2, -0.15) is 5.26 Å². The zero-order valence-electron chi connectivity index (χ0n) is 8.76. The summed E-state index contributed by atoms with van der Waals surface area (Å²) in [4.78, 5) is 0. The molecule has 0 unspecified atom stereocenters. The van der Waals surface area contributed by atoms with Gasteiger partial charge in [-0.25, -0.2) is 0 Å². The number of halogens is 1. The third kappa shape index (κ3) is 2.08. The zero-order chi connectivity index (χ0) is 12.4. The Bertz CT molecular complexity index is 582. The molecule has 86 valence electrons. The largest absolute Gasteiger partial charge is 0.494 e. The third-order valence-corrected chi connectivity index (χ3v) is 3.25. The summed E-state index contributed by atoms with van der Waals surface area (Å²) in [6.07, 6.45) is 0. The lowest BCUT2D eigenvalue weighted by molar-refractivity contribution is 0.401. The van der Waals surface area contributed by atoms with Gasteiger partial charge in [0, 0.05) is 16.1 Å². The first-order chi connectivity index (χ1) is 8.17. The topological polar surface area (TPSA) is 69.2 Å². The van der Waals surface area contributed by atoms with E-state index in [1.807, 2.05) is 6.07 Å². The van der Waals surface area contributed by atoms with Crippen LogP contribution in [-0.2, 0) is 4.43 Å². The zero-order valence-corrected chi connectivity index (χ0v) is 10.9. The van der Waals surface area contributed by atoms with Crippen LogP contribution in [0.4, 0.5) is 0 Å². The predicted octanol–water partition coefficient (Wildman–Crippen LogP) is 2.70. The maximum absolute atomic E-state index is 9.92. The Hall–Kier alpha value is -1.68. The molecule has 0 aliphatic rings. The van der Waals surface area contributed by atoms with Crippen molar-refractivity contribution in [1.29, 1.82) is 5.26 Å². The van der Waals surface area contributed by atoms with Crippen molar-refractivity contribution in [3.05, 3.63) is 41.5 Å². The second-order valence-electron chi connectivity index (χ2n) is 3.48. The summed E-state index contributed by atoms with van der Waals surface area (Å²) in [5, 5.41) is 28.4. The van der Waals surface area contributed by atoms with Gasteiger partial charge in [0.2, 0.25) is 5.88 Å². The molecule has 1 aromatic heterocycles. The van der Waals surface area contributed by atoms with Gasteiger partial charge in [-0.05, 0) is 24.3 Å². The molecule has 1 aromatic carbocycles. The Balaban J connectivity index is 2.53. The highest BCUT2D eigenvalue weighted by Crippen LogP contribution is 2.32. The van der Waals surface area contributed by atoms with Crippen LogP contribution >= 0.6 is 22.6 Å². The second kappa shape index (κ2) is 4.67. The van der Waals surface area contributed by atoms with Gasteiger partial charge in [0.1, 0.15) is 0 Å². The summed E-state index contributed by atoms with van der Waals surface area (Å²) >= 11 is 2.11. The van der Waals surface area contributed by atoms with Crippen molar-refractivity contribution in [3.63, 3.8) is 0 Å². The monoisotopic (exact) mass is 340 g/mol. The fourth-order valence-corrected chi connectivity index (χ4v) is 2.14. The highest BCUT2D eigenvalue weighted by molar-refractivity contribution is 14.1. The minimum Gasteiger partial charge on any atom is -0.494 e. The number of hydrogen-bond donors (Lipinski definition) is 2. The molecule has 0 atom stereocenters. The van der Waals surface area contributed by atoms with Crippen LogP contribution < -0.4 is 0 Å². The van der Waals surface area contributed by atoms with Crippen molar-refractivity contribution >= 4 is 22.6 Å². The maximum atomic E-state index is 9.92. The summed E-state index contributed by atoms with van der Waals surface area (Å²) in [5.41, 5.74) is 1.83. The molecule has 17 heavy (non-hydrogen) atoms. The Morgan fingerprint density at radius 2 is 1.88 bits per heavy atom. The van der Waals surface area contributed by atoms with Crippen LogP contribution in [0.5, 0.6) is 11.8 Å². The fourth-order valence-electron chi connectivity index (χ4n) is 1.57. The molecular weight excluding hydrogens is 331 g/mol. The van der Waals surface area contributed by atoms with Crippen molar-refractivity contribution < 1.29 is 10.2 Å². The van der Waals surface area contributed by atoms with Gasteiger partial charge in [0.25, 0.3) is 0 Å². The van der Waals surface area contributed by atoms with E-state index in [0.29, 0.717) is 21.2 Å². The fraction of sp³-hybridized carbons (Fsp3) is 0.0833. The first-order valence-corrected chi connectivity index (χ1v) is 6.39. The molecule has 0 amide bonds. The Morgan fingerprint density at radius 3 is 2.35 bits per heavy atom.